The number of hydrogen-bond acceptors (Lipinski definition) is 1. The van der Waals surface area contributed by atoms with Gasteiger partial charge in [0.25, 0.3) is 5.91 Å². The third-order valence-electron chi connectivity index (χ3n) is 3.87. The second kappa shape index (κ2) is 6.12. The Hall–Kier alpha value is -0.770. The monoisotopic (exact) mass is 328 g/mol. The molecule has 0 atom stereocenters. The molecule has 1 rings (SSSR count). The zero-order valence-electron chi connectivity index (χ0n) is 12.7. The third-order valence-corrected chi connectivity index (χ3v) is 4.31. The predicted octanol–water partition coefficient (Wildman–Crippen LogP) is 4.24. The molecule has 4 heteroatoms. The Morgan fingerprint density at radius 3 is 2.42 bits per heavy atom. The molecule has 0 saturated heterocycles. The van der Waals surface area contributed by atoms with Gasteiger partial charge in [-0.25, -0.2) is 0 Å². The highest BCUT2D eigenvalue weighted by Crippen LogP contribution is 2.25. The maximum absolute atomic E-state index is 12.3. The van der Waals surface area contributed by atoms with E-state index in [9.17, 15) is 4.79 Å². The van der Waals surface area contributed by atoms with Crippen molar-refractivity contribution in [3.8, 4) is 0 Å². The number of hydrogen-bond donors (Lipinski definition) is 1. The van der Waals surface area contributed by atoms with E-state index in [0.717, 1.165) is 4.47 Å². The minimum Gasteiger partial charge on any atom is -0.350 e. The van der Waals surface area contributed by atoms with E-state index < -0.39 is 0 Å². The predicted molar refractivity (Wildman–Crippen MR) is 83.5 cm³/mol. The number of amides is 1. The van der Waals surface area contributed by atoms with Crippen LogP contribution >= 0.6 is 15.9 Å². The molecular weight excluding hydrogens is 304 g/mol. The van der Waals surface area contributed by atoms with Crippen LogP contribution in [0.3, 0.4) is 0 Å². The molecule has 0 fully saturated rings. The summed E-state index contributed by atoms with van der Waals surface area (Å²) in [6.07, 6.45) is 1.95. The van der Waals surface area contributed by atoms with Gasteiger partial charge in [0.05, 0.1) is 0 Å². The molecule has 1 heterocycles. The van der Waals surface area contributed by atoms with Crippen LogP contribution in [0.25, 0.3) is 0 Å². The fraction of sp³-hybridized carbons (Fsp3) is 0.667. The van der Waals surface area contributed by atoms with Gasteiger partial charge >= 0.3 is 0 Å². The lowest BCUT2D eigenvalue weighted by Crippen LogP contribution is -2.37. The Morgan fingerprint density at radius 1 is 1.37 bits per heavy atom. The van der Waals surface area contributed by atoms with E-state index in [1.165, 1.54) is 0 Å². The normalized spacial score (nSPS) is 12.3. The molecule has 108 valence electrons. The molecule has 0 bridgehead atoms. The Bertz CT molecular complexity index is 447. The van der Waals surface area contributed by atoms with Gasteiger partial charge in [-0.15, -0.1) is 0 Å². The standard InChI is InChI=1S/C15H25BrN2O/c1-10(2)15(5,6)9-17-14(19)13-7-12(16)8-18(13)11(3)4/h7-8,10-11H,9H2,1-6H3,(H,17,19). The lowest BCUT2D eigenvalue weighted by Gasteiger charge is -2.29. The first-order valence-corrected chi connectivity index (χ1v) is 7.60. The Labute approximate surface area is 124 Å². The summed E-state index contributed by atoms with van der Waals surface area (Å²) in [5.41, 5.74) is 0.809. The molecule has 3 nitrogen and oxygen atoms in total. The topological polar surface area (TPSA) is 34.0 Å². The van der Waals surface area contributed by atoms with Gasteiger partial charge in [-0.1, -0.05) is 27.7 Å². The molecule has 0 aliphatic rings. The van der Waals surface area contributed by atoms with Crippen LogP contribution in [0.15, 0.2) is 16.7 Å². The van der Waals surface area contributed by atoms with Crippen molar-refractivity contribution in [1.82, 2.24) is 9.88 Å². The summed E-state index contributed by atoms with van der Waals surface area (Å²) in [7, 11) is 0. The quantitative estimate of drug-likeness (QED) is 0.861. The lowest BCUT2D eigenvalue weighted by atomic mass is 9.81. The van der Waals surface area contributed by atoms with Crippen LogP contribution in [0.5, 0.6) is 0 Å². The number of nitrogens with one attached hydrogen (secondary N) is 1. The highest BCUT2D eigenvalue weighted by atomic mass is 79.9. The summed E-state index contributed by atoms with van der Waals surface area (Å²) in [5.74, 6) is 0.518. The van der Waals surface area contributed by atoms with Crippen molar-refractivity contribution < 1.29 is 4.79 Å². The van der Waals surface area contributed by atoms with Gasteiger partial charge in [0.2, 0.25) is 0 Å². The molecule has 1 N–H and O–H groups in total. The van der Waals surface area contributed by atoms with Gasteiger partial charge in [0.15, 0.2) is 0 Å². The van der Waals surface area contributed by atoms with Gasteiger partial charge in [-0.05, 0) is 47.2 Å². The smallest absolute Gasteiger partial charge is 0.267 e. The number of aromatic nitrogens is 1. The first-order valence-electron chi connectivity index (χ1n) is 6.80. The fourth-order valence-corrected chi connectivity index (χ4v) is 2.10. The van der Waals surface area contributed by atoms with Crippen LogP contribution in [0.2, 0.25) is 0 Å². The highest BCUT2D eigenvalue weighted by molar-refractivity contribution is 9.10. The molecule has 1 amide bonds. The molecule has 0 unspecified atom stereocenters. The van der Waals surface area contributed by atoms with Crippen molar-refractivity contribution in [2.75, 3.05) is 6.54 Å². The van der Waals surface area contributed by atoms with Gasteiger partial charge < -0.3 is 9.88 Å². The number of halogens is 1. The average molecular weight is 329 g/mol. The number of carbonyl (C=O) groups is 1. The van der Waals surface area contributed by atoms with E-state index in [0.29, 0.717) is 18.2 Å². The van der Waals surface area contributed by atoms with Crippen LogP contribution in [0, 0.1) is 11.3 Å². The Morgan fingerprint density at radius 2 is 1.95 bits per heavy atom. The highest BCUT2D eigenvalue weighted by Gasteiger charge is 2.24. The molecule has 0 aromatic carbocycles. The molecule has 0 aliphatic carbocycles. The molecule has 0 radical (unpaired) electrons. The lowest BCUT2D eigenvalue weighted by molar-refractivity contribution is 0.0914. The molecule has 0 spiro atoms. The zero-order valence-corrected chi connectivity index (χ0v) is 14.3. The van der Waals surface area contributed by atoms with Gasteiger partial charge in [0, 0.05) is 23.3 Å². The largest absolute Gasteiger partial charge is 0.350 e. The van der Waals surface area contributed by atoms with Crippen molar-refractivity contribution in [3.05, 3.63) is 22.4 Å². The van der Waals surface area contributed by atoms with E-state index in [4.69, 9.17) is 0 Å². The van der Waals surface area contributed by atoms with Gasteiger partial charge in [-0.3, -0.25) is 4.79 Å². The van der Waals surface area contributed by atoms with Crippen LogP contribution in [0.1, 0.15) is 58.1 Å². The molecule has 1 aromatic rings. The van der Waals surface area contributed by atoms with Crippen molar-refractivity contribution in [2.24, 2.45) is 11.3 Å². The van der Waals surface area contributed by atoms with E-state index in [1.807, 2.05) is 16.8 Å². The SMILES string of the molecule is CC(C)n1cc(Br)cc1C(=O)NCC(C)(C)C(C)C. The molecule has 1 aromatic heterocycles. The second-order valence-electron chi connectivity index (χ2n) is 6.37. The molecule has 0 saturated carbocycles. The van der Waals surface area contributed by atoms with Crippen molar-refractivity contribution in [3.63, 3.8) is 0 Å². The zero-order chi connectivity index (χ0) is 14.8. The van der Waals surface area contributed by atoms with E-state index in [1.54, 1.807) is 0 Å². The fourth-order valence-electron chi connectivity index (χ4n) is 1.66. The van der Waals surface area contributed by atoms with Crippen LogP contribution < -0.4 is 5.32 Å². The summed E-state index contributed by atoms with van der Waals surface area (Å²) in [4.78, 5) is 12.3. The van der Waals surface area contributed by atoms with Crippen LogP contribution in [0.4, 0.5) is 0 Å². The summed E-state index contributed by atoms with van der Waals surface area (Å²) in [5, 5.41) is 3.05. The minimum atomic E-state index is -0.00637. The Balaban J connectivity index is 2.79. The molecule has 19 heavy (non-hydrogen) atoms. The van der Waals surface area contributed by atoms with E-state index in [2.05, 4.69) is 62.8 Å². The van der Waals surface area contributed by atoms with Gasteiger partial charge in [-0.2, -0.15) is 0 Å². The summed E-state index contributed by atoms with van der Waals surface area (Å²) >= 11 is 3.43. The maximum atomic E-state index is 12.3. The summed E-state index contributed by atoms with van der Waals surface area (Å²) in [6.45, 7) is 13.5. The van der Waals surface area contributed by atoms with Crippen molar-refractivity contribution in [2.45, 2.75) is 47.6 Å². The third kappa shape index (κ3) is 4.10. The summed E-state index contributed by atoms with van der Waals surface area (Å²) in [6, 6.07) is 2.14. The molecule has 0 aliphatic heterocycles. The van der Waals surface area contributed by atoms with Crippen molar-refractivity contribution >= 4 is 21.8 Å². The first-order chi connectivity index (χ1) is 8.65. The van der Waals surface area contributed by atoms with Crippen molar-refractivity contribution in [1.29, 1.82) is 0 Å². The molecular formula is C15H25BrN2O. The van der Waals surface area contributed by atoms with Gasteiger partial charge in [0.1, 0.15) is 5.69 Å². The summed E-state index contributed by atoms with van der Waals surface area (Å²) < 4.78 is 2.93. The minimum absolute atomic E-state index is 0.00637. The van der Waals surface area contributed by atoms with Crippen LogP contribution in [-0.4, -0.2) is 17.0 Å². The van der Waals surface area contributed by atoms with E-state index >= 15 is 0 Å². The number of nitrogens with zero attached hydrogens (tertiary/aromatic N) is 1. The second-order valence-corrected chi connectivity index (χ2v) is 7.29. The number of rotatable bonds is 5. The Kier molecular flexibility index (Phi) is 5.25. The number of carbonyl (C=O) groups excluding carboxylic acids is 1. The maximum Gasteiger partial charge on any atom is 0.267 e. The first kappa shape index (κ1) is 16.3. The van der Waals surface area contributed by atoms with Crippen LogP contribution in [-0.2, 0) is 0 Å². The average Bonchev–Trinajstić information content (AvgIpc) is 2.68. The van der Waals surface area contributed by atoms with E-state index in [-0.39, 0.29) is 17.4 Å².